The van der Waals surface area contributed by atoms with Gasteiger partial charge < -0.3 is 5.11 Å². The van der Waals surface area contributed by atoms with Crippen LogP contribution in [-0.2, 0) is 5.92 Å². The second-order valence-corrected chi connectivity index (χ2v) is 3.48. The summed E-state index contributed by atoms with van der Waals surface area (Å²) in [7, 11) is 0. The number of hydrogen-bond acceptors (Lipinski definition) is 3. The molecule has 0 amide bonds. The van der Waals surface area contributed by atoms with Crippen molar-refractivity contribution in [1.29, 1.82) is 0 Å². The highest BCUT2D eigenvalue weighted by Crippen LogP contribution is 2.41. The fourth-order valence-corrected chi connectivity index (χ4v) is 1.60. The first-order valence-electron chi connectivity index (χ1n) is 4.32. The lowest BCUT2D eigenvalue weighted by Gasteiger charge is -2.16. The van der Waals surface area contributed by atoms with Crippen molar-refractivity contribution in [2.24, 2.45) is 0 Å². The molecule has 1 aromatic carbocycles. The molecule has 0 spiro atoms. The van der Waals surface area contributed by atoms with Crippen LogP contribution in [0.4, 0.5) is 14.5 Å². The number of benzene rings is 1. The van der Waals surface area contributed by atoms with Crippen LogP contribution in [0.3, 0.4) is 0 Å². The summed E-state index contributed by atoms with van der Waals surface area (Å²) in [5.41, 5.74) is -1.60. The number of aliphatic hydroxyl groups is 1. The number of nitro benzene ring substituents is 1. The highest BCUT2D eigenvalue weighted by molar-refractivity contribution is 6.31. The molecule has 1 rings (SSSR count). The molecule has 0 fully saturated rings. The van der Waals surface area contributed by atoms with Crippen LogP contribution in [0.5, 0.6) is 0 Å². The Kier molecular flexibility index (Phi) is 3.77. The maximum Gasteiger partial charge on any atom is 0.283 e. The Morgan fingerprint density at radius 3 is 2.62 bits per heavy atom. The normalized spacial score (nSPS) is 11.5. The average molecular weight is 252 g/mol. The van der Waals surface area contributed by atoms with E-state index >= 15 is 0 Å². The summed E-state index contributed by atoms with van der Waals surface area (Å²) in [5.74, 6) is -3.52. The largest absolute Gasteiger partial charge is 0.396 e. The number of hydrogen-bond donors (Lipinski definition) is 1. The van der Waals surface area contributed by atoms with Crippen molar-refractivity contribution in [2.75, 3.05) is 6.61 Å². The van der Waals surface area contributed by atoms with Crippen LogP contribution < -0.4 is 0 Å². The van der Waals surface area contributed by atoms with Crippen LogP contribution >= 0.6 is 11.6 Å². The first-order valence-corrected chi connectivity index (χ1v) is 4.70. The molecule has 0 atom stereocenters. The lowest BCUT2D eigenvalue weighted by atomic mass is 10.0. The molecule has 0 aliphatic rings. The molecule has 0 aliphatic heterocycles. The van der Waals surface area contributed by atoms with Gasteiger partial charge in [0.25, 0.3) is 11.6 Å². The molecule has 16 heavy (non-hydrogen) atoms. The van der Waals surface area contributed by atoms with Gasteiger partial charge in [-0.2, -0.15) is 0 Å². The Hall–Kier alpha value is -1.27. The Bertz CT molecular complexity index is 412. The van der Waals surface area contributed by atoms with Crippen molar-refractivity contribution in [3.63, 3.8) is 0 Å². The van der Waals surface area contributed by atoms with Crippen molar-refractivity contribution >= 4 is 17.3 Å². The van der Waals surface area contributed by atoms with E-state index < -0.39 is 35.1 Å². The molecule has 0 aromatic heterocycles. The molecular weight excluding hydrogens is 244 g/mol. The van der Waals surface area contributed by atoms with E-state index in [9.17, 15) is 18.9 Å². The van der Waals surface area contributed by atoms with Crippen molar-refractivity contribution in [3.05, 3.63) is 38.9 Å². The minimum absolute atomic E-state index is 0.382. The third-order valence-electron chi connectivity index (χ3n) is 1.98. The third-order valence-corrected chi connectivity index (χ3v) is 2.29. The van der Waals surface area contributed by atoms with E-state index in [1.165, 1.54) is 6.07 Å². The molecule has 0 aliphatic carbocycles. The number of rotatable bonds is 4. The van der Waals surface area contributed by atoms with E-state index in [1.807, 2.05) is 0 Å². The first kappa shape index (κ1) is 12.8. The maximum atomic E-state index is 13.5. The van der Waals surface area contributed by atoms with Gasteiger partial charge in [-0.15, -0.1) is 0 Å². The van der Waals surface area contributed by atoms with Gasteiger partial charge in [0.2, 0.25) is 0 Å². The van der Waals surface area contributed by atoms with Gasteiger partial charge in [-0.25, -0.2) is 8.78 Å². The zero-order valence-corrected chi connectivity index (χ0v) is 8.75. The number of aliphatic hydroxyl groups excluding tert-OH is 1. The summed E-state index contributed by atoms with van der Waals surface area (Å²) in [4.78, 5) is 9.65. The van der Waals surface area contributed by atoms with Gasteiger partial charge in [-0.1, -0.05) is 17.7 Å². The van der Waals surface area contributed by atoms with E-state index in [-0.39, 0.29) is 5.02 Å². The molecule has 4 nitrogen and oxygen atoms in total. The maximum absolute atomic E-state index is 13.5. The predicted octanol–water partition coefficient (Wildman–Crippen LogP) is 2.72. The third kappa shape index (κ3) is 2.45. The lowest BCUT2D eigenvalue weighted by Crippen LogP contribution is -2.17. The zero-order chi connectivity index (χ0) is 12.3. The van der Waals surface area contributed by atoms with Crippen molar-refractivity contribution in [2.45, 2.75) is 12.3 Å². The van der Waals surface area contributed by atoms with Gasteiger partial charge in [-0.05, 0) is 6.07 Å². The van der Waals surface area contributed by atoms with Gasteiger partial charge in [0, 0.05) is 19.1 Å². The summed E-state index contributed by atoms with van der Waals surface area (Å²) in [6, 6.07) is 3.32. The van der Waals surface area contributed by atoms with Crippen LogP contribution in [0.25, 0.3) is 0 Å². The summed E-state index contributed by atoms with van der Waals surface area (Å²) in [6.45, 7) is -0.782. The smallest absolute Gasteiger partial charge is 0.283 e. The number of halogens is 3. The van der Waals surface area contributed by atoms with Crippen molar-refractivity contribution in [1.82, 2.24) is 0 Å². The summed E-state index contributed by atoms with van der Waals surface area (Å²) in [5, 5.41) is 18.7. The van der Waals surface area contributed by atoms with Gasteiger partial charge in [-0.3, -0.25) is 10.1 Å². The van der Waals surface area contributed by atoms with Crippen LogP contribution in [-0.4, -0.2) is 16.6 Å². The predicted molar refractivity (Wildman–Crippen MR) is 53.7 cm³/mol. The number of nitrogens with zero attached hydrogens (tertiary/aromatic N) is 1. The lowest BCUT2D eigenvalue weighted by molar-refractivity contribution is -0.387. The Balaban J connectivity index is 3.35. The van der Waals surface area contributed by atoms with E-state index in [0.717, 1.165) is 12.1 Å². The molecule has 0 bridgehead atoms. The molecule has 1 N–H and O–H groups in total. The Labute approximate surface area is 94.6 Å². The molecule has 0 unspecified atom stereocenters. The summed E-state index contributed by atoms with van der Waals surface area (Å²) >= 11 is 5.53. The van der Waals surface area contributed by atoms with E-state index in [4.69, 9.17) is 16.7 Å². The molecule has 0 saturated carbocycles. The van der Waals surface area contributed by atoms with Gasteiger partial charge in [0.15, 0.2) is 0 Å². The molecular formula is C9H8ClF2NO3. The Morgan fingerprint density at radius 2 is 2.12 bits per heavy atom. The standard InChI is InChI=1S/C9H8ClF2NO3/c10-6-2-1-3-7(13(15)16)8(6)9(11,12)4-5-14/h1-3,14H,4-5H2. The quantitative estimate of drug-likeness (QED) is 0.661. The molecule has 88 valence electrons. The fraction of sp³-hybridized carbons (Fsp3) is 0.333. The topological polar surface area (TPSA) is 63.4 Å². The molecule has 0 saturated heterocycles. The van der Waals surface area contributed by atoms with Crippen molar-refractivity contribution in [3.8, 4) is 0 Å². The van der Waals surface area contributed by atoms with Gasteiger partial charge >= 0.3 is 0 Å². The summed E-state index contributed by atoms with van der Waals surface area (Å²) < 4.78 is 27.0. The van der Waals surface area contributed by atoms with Gasteiger partial charge in [0.05, 0.1) is 9.95 Å². The monoisotopic (exact) mass is 251 g/mol. The number of nitro groups is 1. The SMILES string of the molecule is O=[N+]([O-])c1cccc(Cl)c1C(F)(F)CCO. The van der Waals surface area contributed by atoms with E-state index in [1.54, 1.807) is 0 Å². The zero-order valence-electron chi connectivity index (χ0n) is 7.99. The van der Waals surface area contributed by atoms with Gasteiger partial charge in [0.1, 0.15) is 5.56 Å². The summed E-state index contributed by atoms with van der Waals surface area (Å²) in [6.07, 6.45) is -0.905. The second-order valence-electron chi connectivity index (χ2n) is 3.07. The molecule has 0 heterocycles. The van der Waals surface area contributed by atoms with Crippen molar-refractivity contribution < 1.29 is 18.8 Å². The van der Waals surface area contributed by atoms with Crippen LogP contribution in [0, 0.1) is 10.1 Å². The van der Waals surface area contributed by atoms with Crippen LogP contribution in [0.2, 0.25) is 5.02 Å². The Morgan fingerprint density at radius 1 is 1.50 bits per heavy atom. The molecule has 7 heteroatoms. The van der Waals surface area contributed by atoms with E-state index in [2.05, 4.69) is 0 Å². The molecule has 0 radical (unpaired) electrons. The van der Waals surface area contributed by atoms with E-state index in [0.29, 0.717) is 0 Å². The minimum atomic E-state index is -3.52. The van der Waals surface area contributed by atoms with Crippen LogP contribution in [0.1, 0.15) is 12.0 Å². The average Bonchev–Trinajstić information content (AvgIpc) is 2.16. The number of alkyl halides is 2. The molecule has 1 aromatic rings. The minimum Gasteiger partial charge on any atom is -0.396 e. The highest BCUT2D eigenvalue weighted by atomic mass is 35.5. The first-order chi connectivity index (χ1) is 7.40. The highest BCUT2D eigenvalue weighted by Gasteiger charge is 2.39. The second kappa shape index (κ2) is 4.71. The van der Waals surface area contributed by atoms with Crippen LogP contribution in [0.15, 0.2) is 18.2 Å². The fourth-order valence-electron chi connectivity index (χ4n) is 1.29.